The summed E-state index contributed by atoms with van der Waals surface area (Å²) in [6.07, 6.45) is -0.491. The molecule has 0 radical (unpaired) electrons. The van der Waals surface area contributed by atoms with Gasteiger partial charge in [-0.15, -0.1) is 10.2 Å². The van der Waals surface area contributed by atoms with E-state index in [9.17, 15) is 13.6 Å². The van der Waals surface area contributed by atoms with Gasteiger partial charge in [0.1, 0.15) is 0 Å². The van der Waals surface area contributed by atoms with Crippen molar-refractivity contribution in [2.45, 2.75) is 17.0 Å². The molecule has 0 aliphatic carbocycles. The molecule has 2 heterocycles. The molecule has 3 rings (SSSR count). The Hall–Kier alpha value is -1.67. The molecule has 1 aromatic carbocycles. The summed E-state index contributed by atoms with van der Waals surface area (Å²) in [6, 6.07) is 7.14. The summed E-state index contributed by atoms with van der Waals surface area (Å²) >= 11 is 5.95. The van der Waals surface area contributed by atoms with Crippen molar-refractivity contribution in [1.29, 1.82) is 0 Å². The lowest BCUT2D eigenvalue weighted by Gasteiger charge is -2.07. The second-order valence-corrected chi connectivity index (χ2v) is 5.94. The van der Waals surface area contributed by atoms with Crippen LogP contribution in [-0.2, 0) is 0 Å². The van der Waals surface area contributed by atoms with E-state index in [-0.39, 0.29) is 17.0 Å². The van der Waals surface area contributed by atoms with Gasteiger partial charge < -0.3 is 4.98 Å². The molecule has 1 N–H and O–H groups in total. The molecule has 3 aromatic rings. The molecule has 0 saturated carbocycles. The van der Waals surface area contributed by atoms with Gasteiger partial charge in [0.15, 0.2) is 5.16 Å². The second-order valence-electron chi connectivity index (χ2n) is 4.33. The van der Waals surface area contributed by atoms with Crippen molar-refractivity contribution in [3.63, 3.8) is 0 Å². The highest BCUT2D eigenvalue weighted by Gasteiger charge is 2.24. The van der Waals surface area contributed by atoms with E-state index in [0.29, 0.717) is 16.2 Å². The fourth-order valence-corrected chi connectivity index (χ4v) is 3.10. The van der Waals surface area contributed by atoms with Gasteiger partial charge in [-0.25, -0.2) is 0 Å². The van der Waals surface area contributed by atoms with Crippen molar-refractivity contribution in [1.82, 2.24) is 19.6 Å². The Kier molecular flexibility index (Phi) is 3.58. The number of nitrogens with one attached hydrogen (secondary N) is 1. The number of benzene rings is 1. The summed E-state index contributed by atoms with van der Waals surface area (Å²) in [5.41, 5.74) is 1.08. The number of para-hydroxylation sites is 2. The van der Waals surface area contributed by atoms with Crippen LogP contribution in [-0.4, -0.2) is 30.7 Å². The molecule has 0 saturated heterocycles. The number of hydrogen-bond acceptors (Lipinski definition) is 4. The van der Waals surface area contributed by atoms with Gasteiger partial charge in [0, 0.05) is 12.2 Å². The second kappa shape index (κ2) is 5.27. The van der Waals surface area contributed by atoms with Crippen LogP contribution in [0.2, 0.25) is 0 Å². The first-order valence-electron chi connectivity index (χ1n) is 6.01. The number of aromatic amines is 1. The number of fused-ring (bicyclic) bond motifs is 3. The van der Waals surface area contributed by atoms with Gasteiger partial charge in [0.2, 0.25) is 5.65 Å². The average Bonchev–Trinajstić information content (AvgIpc) is 2.82. The monoisotopic (exact) mass is 330 g/mol. The van der Waals surface area contributed by atoms with Crippen LogP contribution in [0.15, 0.2) is 34.2 Å². The summed E-state index contributed by atoms with van der Waals surface area (Å²) < 4.78 is 26.8. The van der Waals surface area contributed by atoms with Crippen molar-refractivity contribution in [2.75, 3.05) is 5.75 Å². The lowest BCUT2D eigenvalue weighted by atomic mass is 10.3. The summed E-state index contributed by atoms with van der Waals surface area (Å²) in [6.45, 7) is 0. The van der Waals surface area contributed by atoms with Gasteiger partial charge in [-0.1, -0.05) is 23.9 Å². The summed E-state index contributed by atoms with van der Waals surface area (Å²) in [5, 5.41) is 4.84. The first kappa shape index (κ1) is 14.3. The largest absolute Gasteiger partial charge is 0.322 e. The number of nitrogens with zero attached hydrogens (tertiary/aromatic N) is 3. The molecule has 0 bridgehead atoms. The van der Waals surface area contributed by atoms with Crippen molar-refractivity contribution in [3.05, 3.63) is 34.6 Å². The summed E-state index contributed by atoms with van der Waals surface area (Å²) in [7, 11) is 0. The lowest BCUT2D eigenvalue weighted by Crippen LogP contribution is -2.11. The number of aromatic nitrogens is 4. The van der Waals surface area contributed by atoms with Crippen LogP contribution >= 0.6 is 23.4 Å². The van der Waals surface area contributed by atoms with Gasteiger partial charge in [0.05, 0.1) is 11.0 Å². The molecular weight excluding hydrogens is 322 g/mol. The number of halogens is 3. The van der Waals surface area contributed by atoms with Gasteiger partial charge in [-0.3, -0.25) is 9.20 Å². The van der Waals surface area contributed by atoms with Gasteiger partial charge in [-0.05, 0) is 23.7 Å². The molecule has 0 unspecified atom stereocenters. The van der Waals surface area contributed by atoms with Crippen LogP contribution in [0.25, 0.3) is 16.7 Å². The Morgan fingerprint density at radius 1 is 1.33 bits per heavy atom. The Morgan fingerprint density at radius 3 is 2.86 bits per heavy atom. The standard InChI is InChI=1S/C12H9ClF2N4OS/c13-12(14,15)5-6-21-11-18-17-9-10(20)16-7-3-1-2-4-8(7)19(9)11/h1-4H,5-6H2,(H,16,20). The van der Waals surface area contributed by atoms with Crippen molar-refractivity contribution >= 4 is 40.0 Å². The Morgan fingerprint density at radius 2 is 2.10 bits per heavy atom. The fraction of sp³-hybridized carbons (Fsp3) is 0.250. The van der Waals surface area contributed by atoms with Crippen LogP contribution in [0.5, 0.6) is 0 Å². The smallest absolute Gasteiger partial charge is 0.317 e. The van der Waals surface area contributed by atoms with Crippen molar-refractivity contribution in [2.24, 2.45) is 0 Å². The van der Waals surface area contributed by atoms with E-state index in [1.807, 2.05) is 0 Å². The normalized spacial score (nSPS) is 12.3. The van der Waals surface area contributed by atoms with Gasteiger partial charge >= 0.3 is 5.38 Å². The minimum absolute atomic E-state index is 0.0679. The van der Waals surface area contributed by atoms with Crippen LogP contribution in [0.1, 0.15) is 6.42 Å². The maximum atomic E-state index is 12.6. The zero-order valence-corrected chi connectivity index (χ0v) is 12.1. The highest BCUT2D eigenvalue weighted by atomic mass is 35.5. The third kappa shape index (κ3) is 2.86. The number of H-pyrrole nitrogens is 1. The first-order valence-corrected chi connectivity index (χ1v) is 7.38. The molecule has 0 atom stereocenters. The Labute approximate surface area is 126 Å². The van der Waals surface area contributed by atoms with Crippen LogP contribution in [0.3, 0.4) is 0 Å². The number of hydrogen-bond donors (Lipinski definition) is 1. The molecule has 21 heavy (non-hydrogen) atoms. The number of rotatable bonds is 4. The van der Waals surface area contributed by atoms with E-state index in [2.05, 4.69) is 15.2 Å². The molecule has 0 aliphatic rings. The molecule has 0 fully saturated rings. The quantitative estimate of drug-likeness (QED) is 0.590. The minimum atomic E-state index is -3.24. The van der Waals surface area contributed by atoms with Gasteiger partial charge in [0.25, 0.3) is 5.56 Å². The summed E-state index contributed by atoms with van der Waals surface area (Å²) in [4.78, 5) is 14.6. The minimum Gasteiger partial charge on any atom is -0.317 e. The molecule has 9 heteroatoms. The van der Waals surface area contributed by atoms with E-state index in [1.165, 1.54) is 0 Å². The molecule has 5 nitrogen and oxygen atoms in total. The molecule has 0 amide bonds. The lowest BCUT2D eigenvalue weighted by molar-refractivity contribution is 0.0934. The maximum absolute atomic E-state index is 12.6. The Balaban J connectivity index is 2.06. The predicted octanol–water partition coefficient (Wildman–Crippen LogP) is 2.88. The topological polar surface area (TPSA) is 63.0 Å². The van der Waals surface area contributed by atoms with Gasteiger partial charge in [-0.2, -0.15) is 8.78 Å². The van der Waals surface area contributed by atoms with E-state index in [0.717, 1.165) is 11.8 Å². The van der Waals surface area contributed by atoms with E-state index < -0.39 is 11.8 Å². The van der Waals surface area contributed by atoms with Crippen LogP contribution in [0.4, 0.5) is 8.78 Å². The zero-order valence-electron chi connectivity index (χ0n) is 10.5. The van der Waals surface area contributed by atoms with Crippen LogP contribution < -0.4 is 5.56 Å². The van der Waals surface area contributed by atoms with Crippen molar-refractivity contribution in [3.8, 4) is 0 Å². The molecule has 110 valence electrons. The van der Waals surface area contributed by atoms with E-state index in [1.54, 1.807) is 28.7 Å². The SMILES string of the molecule is O=c1[nH]c2ccccc2n2c(SCCC(F)(F)Cl)nnc12. The highest BCUT2D eigenvalue weighted by Crippen LogP contribution is 2.28. The fourth-order valence-electron chi connectivity index (χ4n) is 1.94. The maximum Gasteiger partial charge on any atom is 0.322 e. The predicted molar refractivity (Wildman–Crippen MR) is 77.3 cm³/mol. The zero-order chi connectivity index (χ0) is 15.0. The molecule has 0 spiro atoms. The number of alkyl halides is 3. The third-order valence-electron chi connectivity index (χ3n) is 2.85. The molecular formula is C12H9ClF2N4OS. The average molecular weight is 331 g/mol. The molecule has 0 aliphatic heterocycles. The highest BCUT2D eigenvalue weighted by molar-refractivity contribution is 7.99. The summed E-state index contributed by atoms with van der Waals surface area (Å²) in [5.74, 6) is 0.0679. The van der Waals surface area contributed by atoms with Crippen molar-refractivity contribution < 1.29 is 8.78 Å². The van der Waals surface area contributed by atoms with Crippen LogP contribution in [0, 0.1) is 0 Å². The molecule has 2 aromatic heterocycles. The number of thioether (sulfide) groups is 1. The van der Waals surface area contributed by atoms with E-state index in [4.69, 9.17) is 11.6 Å². The third-order valence-corrected chi connectivity index (χ3v) is 3.97. The van der Waals surface area contributed by atoms with E-state index >= 15 is 0 Å². The Bertz CT molecular complexity index is 858. The first-order chi connectivity index (χ1) is 9.96.